The van der Waals surface area contributed by atoms with Gasteiger partial charge in [0.2, 0.25) is 0 Å². The molecule has 0 saturated heterocycles. The summed E-state index contributed by atoms with van der Waals surface area (Å²) in [5.74, 6) is -0.0718. The van der Waals surface area contributed by atoms with Gasteiger partial charge in [0.15, 0.2) is 11.5 Å². The molecule has 3 heteroatoms. The molecule has 0 saturated carbocycles. The topological polar surface area (TPSA) is 26.3 Å². The summed E-state index contributed by atoms with van der Waals surface area (Å²) in [6, 6.07) is 0. The molecule has 0 N–H and O–H groups in total. The summed E-state index contributed by atoms with van der Waals surface area (Å²) < 4.78 is 18.3. The molecule has 0 aromatic rings. The van der Waals surface area contributed by atoms with Crippen LogP contribution in [-0.4, -0.2) is 18.6 Å². The highest BCUT2D eigenvalue weighted by Crippen LogP contribution is 2.24. The van der Waals surface area contributed by atoms with E-state index in [0.29, 0.717) is 0 Å². The van der Waals surface area contributed by atoms with Crippen molar-refractivity contribution in [3.63, 3.8) is 0 Å². The van der Waals surface area contributed by atoms with Crippen LogP contribution in [0.2, 0.25) is 0 Å². The minimum Gasteiger partial charge on any atom is -0.498 e. The third kappa shape index (κ3) is 3.90. The summed E-state index contributed by atoms with van der Waals surface area (Å²) in [6.45, 7) is 8.07. The lowest BCUT2D eigenvalue weighted by Crippen LogP contribution is -2.23. The molecule has 0 atom stereocenters. The second-order valence-corrected chi connectivity index (χ2v) is 4.80. The van der Waals surface area contributed by atoms with Crippen molar-refractivity contribution in [3.05, 3.63) is 11.8 Å². The second-order valence-electron chi connectivity index (χ2n) is 4.80. The molecule has 0 heterocycles. The standard InChI is InChI=1S/C11H19FO2/c1-10(2,3)8(13)7-9(14-6)11(4,5)12/h7H,1-6H3/b9-7-. The van der Waals surface area contributed by atoms with E-state index in [1.165, 1.54) is 27.0 Å². The maximum absolute atomic E-state index is 13.5. The Labute approximate surface area is 85.1 Å². The van der Waals surface area contributed by atoms with Gasteiger partial charge in [-0.15, -0.1) is 0 Å². The zero-order chi connectivity index (χ0) is 11.6. The van der Waals surface area contributed by atoms with Crippen molar-refractivity contribution in [1.29, 1.82) is 0 Å². The number of methoxy groups -OCH3 is 1. The lowest BCUT2D eigenvalue weighted by molar-refractivity contribution is -0.121. The summed E-state index contributed by atoms with van der Waals surface area (Å²) in [7, 11) is 1.36. The number of hydrogen-bond acceptors (Lipinski definition) is 2. The largest absolute Gasteiger partial charge is 0.498 e. The van der Waals surface area contributed by atoms with Gasteiger partial charge in [-0.25, -0.2) is 4.39 Å². The summed E-state index contributed by atoms with van der Waals surface area (Å²) in [5, 5.41) is 0. The van der Waals surface area contributed by atoms with Crippen molar-refractivity contribution >= 4 is 5.78 Å². The predicted molar refractivity (Wildman–Crippen MR) is 54.7 cm³/mol. The molecule has 0 aliphatic carbocycles. The van der Waals surface area contributed by atoms with Crippen LogP contribution in [-0.2, 0) is 9.53 Å². The Morgan fingerprint density at radius 2 is 1.64 bits per heavy atom. The third-order valence-corrected chi connectivity index (χ3v) is 1.81. The molecule has 14 heavy (non-hydrogen) atoms. The van der Waals surface area contributed by atoms with Gasteiger partial charge in [0.1, 0.15) is 5.76 Å². The molecule has 0 aliphatic rings. The first-order chi connectivity index (χ1) is 6.09. The van der Waals surface area contributed by atoms with E-state index < -0.39 is 11.1 Å². The van der Waals surface area contributed by atoms with Crippen LogP contribution >= 0.6 is 0 Å². The van der Waals surface area contributed by atoms with E-state index >= 15 is 0 Å². The number of alkyl halides is 1. The minimum absolute atomic E-state index is 0.0671. The fraction of sp³-hybridized carbons (Fsp3) is 0.727. The number of carbonyl (C=O) groups excluding carboxylic acids is 1. The zero-order valence-electron chi connectivity index (χ0n) is 9.77. The van der Waals surface area contributed by atoms with E-state index in [4.69, 9.17) is 4.74 Å². The number of rotatable bonds is 3. The third-order valence-electron chi connectivity index (χ3n) is 1.81. The van der Waals surface area contributed by atoms with Gasteiger partial charge < -0.3 is 4.74 Å². The average Bonchev–Trinajstić information content (AvgIpc) is 1.95. The SMILES string of the molecule is CO/C(=C\C(=O)C(C)(C)C)C(C)(C)F. The first-order valence-electron chi connectivity index (χ1n) is 4.58. The molecule has 2 nitrogen and oxygen atoms in total. The number of ether oxygens (including phenoxy) is 1. The minimum atomic E-state index is -1.62. The Hall–Kier alpha value is -0.860. The maximum Gasteiger partial charge on any atom is 0.164 e. The molecule has 0 aromatic heterocycles. The van der Waals surface area contributed by atoms with Gasteiger partial charge in [-0.05, 0) is 13.8 Å². The summed E-state index contributed by atoms with van der Waals surface area (Å²) in [5.41, 5.74) is -2.12. The first kappa shape index (κ1) is 13.1. The fourth-order valence-electron chi connectivity index (χ4n) is 0.809. The number of ketones is 1. The molecular weight excluding hydrogens is 183 g/mol. The fourth-order valence-corrected chi connectivity index (χ4v) is 0.809. The normalized spacial score (nSPS) is 14.1. The lowest BCUT2D eigenvalue weighted by atomic mass is 9.89. The van der Waals surface area contributed by atoms with E-state index in [0.717, 1.165) is 0 Å². The zero-order valence-corrected chi connectivity index (χ0v) is 9.77. The van der Waals surface area contributed by atoms with E-state index in [9.17, 15) is 9.18 Å². The lowest BCUT2D eigenvalue weighted by Gasteiger charge is -2.20. The van der Waals surface area contributed by atoms with E-state index in [1.807, 2.05) is 0 Å². The van der Waals surface area contributed by atoms with Gasteiger partial charge in [-0.3, -0.25) is 4.79 Å². The number of carbonyl (C=O) groups is 1. The van der Waals surface area contributed by atoms with Gasteiger partial charge in [0.05, 0.1) is 7.11 Å². The predicted octanol–water partition coefficient (Wildman–Crippen LogP) is 2.88. The van der Waals surface area contributed by atoms with Crippen molar-refractivity contribution in [2.24, 2.45) is 5.41 Å². The summed E-state index contributed by atoms with van der Waals surface area (Å²) in [4.78, 5) is 11.6. The van der Waals surface area contributed by atoms with Crippen LogP contribution in [0.1, 0.15) is 34.6 Å². The van der Waals surface area contributed by atoms with Crippen molar-refractivity contribution in [3.8, 4) is 0 Å². The molecule has 0 bridgehead atoms. The molecule has 0 fully saturated rings. The van der Waals surface area contributed by atoms with Crippen LogP contribution in [0.5, 0.6) is 0 Å². The van der Waals surface area contributed by atoms with E-state index in [1.54, 1.807) is 20.8 Å². The monoisotopic (exact) mass is 202 g/mol. The Bertz CT molecular complexity index is 241. The van der Waals surface area contributed by atoms with Crippen molar-refractivity contribution in [1.82, 2.24) is 0 Å². The number of allylic oxidation sites excluding steroid dienone is 2. The van der Waals surface area contributed by atoms with Crippen molar-refractivity contribution < 1.29 is 13.9 Å². The van der Waals surface area contributed by atoms with Crippen LogP contribution in [0.25, 0.3) is 0 Å². The average molecular weight is 202 g/mol. The summed E-state index contributed by atoms with van der Waals surface area (Å²) >= 11 is 0. The van der Waals surface area contributed by atoms with Crippen LogP contribution in [0.4, 0.5) is 4.39 Å². The molecule has 0 aliphatic heterocycles. The van der Waals surface area contributed by atoms with Crippen molar-refractivity contribution in [2.75, 3.05) is 7.11 Å². The molecule has 0 spiro atoms. The summed E-state index contributed by atoms with van der Waals surface area (Å²) in [6.07, 6.45) is 1.24. The van der Waals surface area contributed by atoms with Crippen LogP contribution < -0.4 is 0 Å². The molecular formula is C11H19FO2. The van der Waals surface area contributed by atoms with Crippen molar-refractivity contribution in [2.45, 2.75) is 40.3 Å². The van der Waals surface area contributed by atoms with E-state index in [-0.39, 0.29) is 11.5 Å². The molecule has 0 radical (unpaired) electrons. The Balaban J connectivity index is 4.89. The maximum atomic E-state index is 13.5. The highest BCUT2D eigenvalue weighted by Gasteiger charge is 2.27. The Kier molecular flexibility index (Phi) is 3.86. The van der Waals surface area contributed by atoms with Gasteiger partial charge >= 0.3 is 0 Å². The smallest absolute Gasteiger partial charge is 0.164 e. The molecule has 0 unspecified atom stereocenters. The van der Waals surface area contributed by atoms with Crippen LogP contribution in [0.15, 0.2) is 11.8 Å². The van der Waals surface area contributed by atoms with Crippen LogP contribution in [0, 0.1) is 5.41 Å². The van der Waals surface area contributed by atoms with Gasteiger partial charge in [0.25, 0.3) is 0 Å². The molecule has 0 aromatic carbocycles. The second kappa shape index (κ2) is 4.11. The highest BCUT2D eigenvalue weighted by molar-refractivity contribution is 5.94. The van der Waals surface area contributed by atoms with Gasteiger partial charge in [-0.1, -0.05) is 20.8 Å². The molecule has 0 rings (SSSR count). The number of hydrogen-bond donors (Lipinski definition) is 0. The Morgan fingerprint density at radius 1 is 1.21 bits per heavy atom. The van der Waals surface area contributed by atoms with Crippen LogP contribution in [0.3, 0.4) is 0 Å². The number of halogens is 1. The first-order valence-corrected chi connectivity index (χ1v) is 4.58. The Morgan fingerprint density at radius 3 is 1.86 bits per heavy atom. The highest BCUT2D eigenvalue weighted by atomic mass is 19.1. The van der Waals surface area contributed by atoms with E-state index in [2.05, 4.69) is 0 Å². The molecule has 82 valence electrons. The van der Waals surface area contributed by atoms with Gasteiger partial charge in [-0.2, -0.15) is 0 Å². The van der Waals surface area contributed by atoms with Gasteiger partial charge in [0, 0.05) is 11.5 Å². The molecule has 0 amide bonds. The quantitative estimate of drug-likeness (QED) is 0.519.